The SMILES string of the molecule is CN(Cc1csc2ccccc12)C(=O)Nc1cccc2c1CCN(S(C)(=O)=O)C2. The van der Waals surface area contributed by atoms with Crippen LogP contribution in [0.4, 0.5) is 10.5 Å². The maximum absolute atomic E-state index is 12.8. The maximum Gasteiger partial charge on any atom is 0.321 e. The molecule has 0 fully saturated rings. The molecular formula is C21H23N3O3S2. The number of fused-ring (bicyclic) bond motifs is 2. The van der Waals surface area contributed by atoms with E-state index in [0.29, 0.717) is 26.1 Å². The van der Waals surface area contributed by atoms with Crippen molar-refractivity contribution in [2.24, 2.45) is 0 Å². The number of hydrogen-bond acceptors (Lipinski definition) is 4. The van der Waals surface area contributed by atoms with Crippen molar-refractivity contribution < 1.29 is 13.2 Å². The molecule has 2 heterocycles. The summed E-state index contributed by atoms with van der Waals surface area (Å²) in [4.78, 5) is 14.5. The van der Waals surface area contributed by atoms with Gasteiger partial charge in [0.1, 0.15) is 0 Å². The molecule has 6 nitrogen and oxygen atoms in total. The first kappa shape index (κ1) is 19.9. The molecule has 29 heavy (non-hydrogen) atoms. The average molecular weight is 430 g/mol. The van der Waals surface area contributed by atoms with E-state index in [-0.39, 0.29) is 6.03 Å². The molecule has 0 unspecified atom stereocenters. The Morgan fingerprint density at radius 1 is 1.21 bits per heavy atom. The molecule has 0 atom stereocenters. The van der Waals surface area contributed by atoms with Crippen molar-refractivity contribution in [1.29, 1.82) is 0 Å². The van der Waals surface area contributed by atoms with Gasteiger partial charge in [0.05, 0.1) is 6.26 Å². The van der Waals surface area contributed by atoms with Gasteiger partial charge in [-0.15, -0.1) is 11.3 Å². The van der Waals surface area contributed by atoms with E-state index < -0.39 is 10.0 Å². The lowest BCUT2D eigenvalue weighted by atomic mass is 9.99. The molecule has 2 amide bonds. The molecule has 0 bridgehead atoms. The summed E-state index contributed by atoms with van der Waals surface area (Å²) in [6.07, 6.45) is 1.81. The summed E-state index contributed by atoms with van der Waals surface area (Å²) >= 11 is 1.68. The number of rotatable bonds is 4. The number of anilines is 1. The van der Waals surface area contributed by atoms with Gasteiger partial charge in [-0.05, 0) is 46.0 Å². The first-order valence-electron chi connectivity index (χ1n) is 9.36. The standard InChI is InChI=1S/C21H23N3O3S2/c1-23(12-16-14-28-20-9-4-3-7-18(16)20)21(25)22-19-8-5-6-15-13-24(29(2,26)27)11-10-17(15)19/h3-9,14H,10-13H2,1-2H3,(H,22,25). The van der Waals surface area contributed by atoms with Crippen LogP contribution in [-0.4, -0.2) is 43.5 Å². The average Bonchev–Trinajstić information content (AvgIpc) is 3.10. The van der Waals surface area contributed by atoms with Crippen molar-refractivity contribution in [2.75, 3.05) is 25.2 Å². The van der Waals surface area contributed by atoms with Crippen LogP contribution >= 0.6 is 11.3 Å². The van der Waals surface area contributed by atoms with E-state index >= 15 is 0 Å². The Balaban J connectivity index is 1.49. The van der Waals surface area contributed by atoms with Gasteiger partial charge in [-0.25, -0.2) is 13.2 Å². The normalized spacial score (nSPS) is 14.6. The van der Waals surface area contributed by atoms with Crippen molar-refractivity contribution in [3.05, 3.63) is 64.5 Å². The zero-order valence-electron chi connectivity index (χ0n) is 16.4. The zero-order chi connectivity index (χ0) is 20.6. The molecule has 4 rings (SSSR count). The molecule has 1 N–H and O–H groups in total. The molecule has 0 saturated heterocycles. The van der Waals surface area contributed by atoms with Crippen molar-refractivity contribution in [2.45, 2.75) is 19.5 Å². The second kappa shape index (κ2) is 7.78. The lowest BCUT2D eigenvalue weighted by Gasteiger charge is -2.28. The topological polar surface area (TPSA) is 69.7 Å². The lowest BCUT2D eigenvalue weighted by Crippen LogP contribution is -2.36. The van der Waals surface area contributed by atoms with Gasteiger partial charge >= 0.3 is 6.03 Å². The number of thiophene rings is 1. The van der Waals surface area contributed by atoms with Crippen molar-refractivity contribution in [3.8, 4) is 0 Å². The van der Waals surface area contributed by atoms with Crippen LogP contribution in [0.1, 0.15) is 16.7 Å². The fourth-order valence-electron chi connectivity index (χ4n) is 3.68. The molecule has 3 aromatic rings. The van der Waals surface area contributed by atoms with Crippen LogP contribution in [0, 0.1) is 0 Å². The summed E-state index contributed by atoms with van der Waals surface area (Å²) in [6, 6.07) is 13.7. The van der Waals surface area contributed by atoms with E-state index in [1.54, 1.807) is 23.3 Å². The molecular weight excluding hydrogens is 406 g/mol. The number of nitrogens with zero attached hydrogens (tertiary/aromatic N) is 2. The minimum absolute atomic E-state index is 0.181. The van der Waals surface area contributed by atoms with Crippen LogP contribution in [0.15, 0.2) is 47.8 Å². The lowest BCUT2D eigenvalue weighted by molar-refractivity contribution is 0.221. The van der Waals surface area contributed by atoms with Gasteiger partial charge < -0.3 is 10.2 Å². The molecule has 0 radical (unpaired) electrons. The fourth-order valence-corrected chi connectivity index (χ4v) is 5.43. The highest BCUT2D eigenvalue weighted by molar-refractivity contribution is 7.88. The summed E-state index contributed by atoms with van der Waals surface area (Å²) in [5.74, 6) is 0. The first-order chi connectivity index (χ1) is 13.8. The minimum Gasteiger partial charge on any atom is -0.323 e. The van der Waals surface area contributed by atoms with Crippen LogP contribution in [0.25, 0.3) is 10.1 Å². The number of nitrogens with one attached hydrogen (secondary N) is 1. The van der Waals surface area contributed by atoms with Crippen molar-refractivity contribution >= 4 is 43.2 Å². The van der Waals surface area contributed by atoms with Crippen LogP contribution in [0.5, 0.6) is 0 Å². The van der Waals surface area contributed by atoms with Gasteiger partial charge in [-0.3, -0.25) is 0 Å². The summed E-state index contributed by atoms with van der Waals surface area (Å²) in [5, 5.41) is 6.28. The Morgan fingerprint density at radius 2 is 2.00 bits per heavy atom. The number of amides is 2. The highest BCUT2D eigenvalue weighted by atomic mass is 32.2. The maximum atomic E-state index is 12.8. The molecule has 2 aromatic carbocycles. The Labute approximate surface area is 174 Å². The Morgan fingerprint density at radius 3 is 2.79 bits per heavy atom. The number of urea groups is 1. The van der Waals surface area contributed by atoms with Gasteiger partial charge in [0.15, 0.2) is 0 Å². The predicted molar refractivity (Wildman–Crippen MR) is 118 cm³/mol. The van der Waals surface area contributed by atoms with Gasteiger partial charge in [0, 0.05) is 37.1 Å². The van der Waals surface area contributed by atoms with E-state index in [2.05, 4.69) is 22.8 Å². The highest BCUT2D eigenvalue weighted by Gasteiger charge is 2.25. The first-order valence-corrected chi connectivity index (χ1v) is 12.1. The Kier molecular flexibility index (Phi) is 5.33. The summed E-state index contributed by atoms with van der Waals surface area (Å²) < 4.78 is 26.4. The Hall–Kier alpha value is -2.42. The third kappa shape index (κ3) is 4.14. The highest BCUT2D eigenvalue weighted by Crippen LogP contribution is 2.29. The van der Waals surface area contributed by atoms with E-state index in [9.17, 15) is 13.2 Å². The monoisotopic (exact) mass is 429 g/mol. The van der Waals surface area contributed by atoms with Crippen LogP contribution in [0.3, 0.4) is 0 Å². The molecule has 8 heteroatoms. The van der Waals surface area contributed by atoms with Gasteiger partial charge in [-0.1, -0.05) is 30.3 Å². The van der Waals surface area contributed by atoms with E-state index in [0.717, 1.165) is 22.4 Å². The second-order valence-electron chi connectivity index (χ2n) is 7.33. The predicted octanol–water partition coefficient (Wildman–Crippen LogP) is 3.88. The van der Waals surface area contributed by atoms with Gasteiger partial charge in [0.2, 0.25) is 10.0 Å². The van der Waals surface area contributed by atoms with Gasteiger partial charge in [-0.2, -0.15) is 4.31 Å². The van der Waals surface area contributed by atoms with E-state index in [1.807, 2.05) is 30.3 Å². The smallest absolute Gasteiger partial charge is 0.321 e. The number of sulfonamides is 1. The molecule has 1 aliphatic rings. The summed E-state index contributed by atoms with van der Waals surface area (Å²) in [5.41, 5.74) is 3.82. The molecule has 0 saturated carbocycles. The molecule has 1 aliphatic heterocycles. The molecule has 1 aromatic heterocycles. The van der Waals surface area contributed by atoms with E-state index in [4.69, 9.17) is 0 Å². The second-order valence-corrected chi connectivity index (χ2v) is 10.2. The van der Waals surface area contributed by atoms with Gasteiger partial charge in [0.25, 0.3) is 0 Å². The van der Waals surface area contributed by atoms with Crippen LogP contribution in [0.2, 0.25) is 0 Å². The summed E-state index contributed by atoms with van der Waals surface area (Å²) in [6.45, 7) is 1.29. The number of carbonyl (C=O) groups is 1. The van der Waals surface area contributed by atoms with Crippen LogP contribution < -0.4 is 5.32 Å². The third-order valence-electron chi connectivity index (χ3n) is 5.26. The van der Waals surface area contributed by atoms with Crippen LogP contribution in [-0.2, 0) is 29.5 Å². The third-order valence-corrected chi connectivity index (χ3v) is 7.52. The minimum atomic E-state index is -3.23. The molecule has 152 valence electrons. The largest absolute Gasteiger partial charge is 0.323 e. The quantitative estimate of drug-likeness (QED) is 0.684. The van der Waals surface area contributed by atoms with E-state index in [1.165, 1.54) is 20.6 Å². The number of carbonyl (C=O) groups excluding carboxylic acids is 1. The zero-order valence-corrected chi connectivity index (χ0v) is 18.0. The number of hydrogen-bond donors (Lipinski definition) is 1. The molecule has 0 spiro atoms. The summed E-state index contributed by atoms with van der Waals surface area (Å²) in [7, 11) is -1.45. The number of benzene rings is 2. The fraction of sp³-hybridized carbons (Fsp3) is 0.286. The molecule has 0 aliphatic carbocycles. The van der Waals surface area contributed by atoms with Crippen molar-refractivity contribution in [3.63, 3.8) is 0 Å². The Bertz CT molecular complexity index is 1170. The van der Waals surface area contributed by atoms with Crippen molar-refractivity contribution in [1.82, 2.24) is 9.21 Å².